The lowest BCUT2D eigenvalue weighted by Crippen LogP contribution is -2.61. The van der Waals surface area contributed by atoms with Gasteiger partial charge >= 0.3 is 12.0 Å². The molecule has 0 spiro atoms. The zero-order valence-electron chi connectivity index (χ0n) is 12.8. The highest BCUT2D eigenvalue weighted by Crippen LogP contribution is 2.18. The van der Waals surface area contributed by atoms with E-state index in [4.69, 9.17) is 10.8 Å². The standard InChI is InChI=1S/C13H24N4O4/c1-13(2)8-17(7-6-16(13)3)12(21)15-9(11(19)20)4-5-10(14)18/h9H,4-8H2,1-3H3,(H2,14,18)(H,15,21)(H,19,20)/t9-/m0/s1. The number of nitrogens with two attached hydrogens (primary N) is 1. The van der Waals surface area contributed by atoms with Crippen LogP contribution in [0.25, 0.3) is 0 Å². The average Bonchev–Trinajstić information content (AvgIpc) is 2.36. The lowest BCUT2D eigenvalue weighted by atomic mass is 10.00. The van der Waals surface area contributed by atoms with Crippen LogP contribution in [-0.2, 0) is 9.59 Å². The van der Waals surface area contributed by atoms with Crippen LogP contribution in [0.5, 0.6) is 0 Å². The molecule has 0 radical (unpaired) electrons. The van der Waals surface area contributed by atoms with Gasteiger partial charge in [-0.15, -0.1) is 0 Å². The summed E-state index contributed by atoms with van der Waals surface area (Å²) in [5.74, 6) is -1.76. The van der Waals surface area contributed by atoms with Gasteiger partial charge in [0.2, 0.25) is 5.91 Å². The predicted molar refractivity (Wildman–Crippen MR) is 76.7 cm³/mol. The molecule has 1 aliphatic heterocycles. The first-order chi connectivity index (χ1) is 9.63. The van der Waals surface area contributed by atoms with Gasteiger partial charge in [0.25, 0.3) is 0 Å². The number of piperazine rings is 1. The summed E-state index contributed by atoms with van der Waals surface area (Å²) in [5, 5.41) is 11.5. The van der Waals surface area contributed by atoms with Crippen molar-refractivity contribution >= 4 is 17.9 Å². The normalized spacial score (nSPS) is 19.9. The van der Waals surface area contributed by atoms with E-state index in [1.807, 2.05) is 20.9 Å². The van der Waals surface area contributed by atoms with Crippen molar-refractivity contribution in [2.75, 3.05) is 26.7 Å². The molecule has 3 amide bonds. The van der Waals surface area contributed by atoms with E-state index in [-0.39, 0.29) is 18.4 Å². The van der Waals surface area contributed by atoms with Crippen LogP contribution in [0.3, 0.4) is 0 Å². The van der Waals surface area contributed by atoms with Crippen LogP contribution in [0.2, 0.25) is 0 Å². The van der Waals surface area contributed by atoms with Crippen molar-refractivity contribution in [2.24, 2.45) is 5.73 Å². The summed E-state index contributed by atoms with van der Waals surface area (Å²) in [6.45, 7) is 5.81. The van der Waals surface area contributed by atoms with E-state index in [0.717, 1.165) is 6.54 Å². The number of amides is 3. The van der Waals surface area contributed by atoms with Crippen molar-refractivity contribution in [2.45, 2.75) is 38.3 Å². The minimum absolute atomic E-state index is 0.00641. The first kappa shape index (κ1) is 17.2. The number of aliphatic carboxylic acids is 1. The van der Waals surface area contributed by atoms with Gasteiger partial charge in [0, 0.05) is 31.6 Å². The second-order valence-corrected chi connectivity index (χ2v) is 6.00. The molecule has 1 heterocycles. The highest BCUT2D eigenvalue weighted by Gasteiger charge is 2.34. The predicted octanol–water partition coefficient (Wildman–Crippen LogP) is -0.559. The number of nitrogens with zero attached hydrogens (tertiary/aromatic N) is 2. The lowest BCUT2D eigenvalue weighted by molar-refractivity contribution is -0.139. The molecule has 120 valence electrons. The third kappa shape index (κ3) is 4.89. The van der Waals surface area contributed by atoms with Crippen LogP contribution in [0.4, 0.5) is 4.79 Å². The fraction of sp³-hybridized carbons (Fsp3) is 0.769. The number of carboxylic acid groups (broad SMARTS) is 1. The summed E-state index contributed by atoms with van der Waals surface area (Å²) in [5.41, 5.74) is 4.84. The van der Waals surface area contributed by atoms with Crippen molar-refractivity contribution in [1.29, 1.82) is 0 Å². The maximum Gasteiger partial charge on any atom is 0.326 e. The van der Waals surface area contributed by atoms with Gasteiger partial charge in [-0.2, -0.15) is 0 Å². The molecule has 1 aliphatic rings. The van der Waals surface area contributed by atoms with E-state index in [2.05, 4.69) is 10.2 Å². The first-order valence-corrected chi connectivity index (χ1v) is 6.91. The van der Waals surface area contributed by atoms with Crippen LogP contribution in [0.1, 0.15) is 26.7 Å². The number of carbonyl (C=O) groups excluding carboxylic acids is 2. The zero-order chi connectivity index (χ0) is 16.2. The summed E-state index contributed by atoms with van der Waals surface area (Å²) < 4.78 is 0. The van der Waals surface area contributed by atoms with Crippen LogP contribution >= 0.6 is 0 Å². The van der Waals surface area contributed by atoms with E-state index in [9.17, 15) is 14.4 Å². The molecule has 8 heteroatoms. The van der Waals surface area contributed by atoms with E-state index in [1.165, 1.54) is 0 Å². The maximum absolute atomic E-state index is 12.2. The zero-order valence-corrected chi connectivity index (χ0v) is 12.8. The Morgan fingerprint density at radius 3 is 2.43 bits per heavy atom. The molecule has 1 atom stereocenters. The summed E-state index contributed by atoms with van der Waals surface area (Å²) in [6.07, 6.45) is -0.0843. The molecule has 0 aromatic carbocycles. The molecule has 0 aliphatic carbocycles. The fourth-order valence-corrected chi connectivity index (χ4v) is 2.20. The smallest absolute Gasteiger partial charge is 0.326 e. The van der Waals surface area contributed by atoms with E-state index in [0.29, 0.717) is 13.1 Å². The summed E-state index contributed by atoms with van der Waals surface area (Å²) >= 11 is 0. The molecule has 21 heavy (non-hydrogen) atoms. The Morgan fingerprint density at radius 1 is 1.33 bits per heavy atom. The highest BCUT2D eigenvalue weighted by atomic mass is 16.4. The highest BCUT2D eigenvalue weighted by molar-refractivity contribution is 5.83. The Bertz CT molecular complexity index is 424. The number of carboxylic acids is 1. The van der Waals surface area contributed by atoms with Crippen molar-refractivity contribution in [1.82, 2.24) is 15.1 Å². The van der Waals surface area contributed by atoms with E-state index < -0.39 is 23.9 Å². The van der Waals surface area contributed by atoms with Crippen LogP contribution in [-0.4, -0.2) is 71.1 Å². The summed E-state index contributed by atoms with van der Waals surface area (Å²) in [7, 11) is 1.99. The molecule has 1 fully saturated rings. The Balaban J connectivity index is 2.61. The molecule has 0 saturated carbocycles. The number of rotatable bonds is 5. The topological polar surface area (TPSA) is 116 Å². The molecular weight excluding hydrogens is 276 g/mol. The number of carbonyl (C=O) groups is 3. The summed E-state index contributed by atoms with van der Waals surface area (Å²) in [4.78, 5) is 37.8. The van der Waals surface area contributed by atoms with Gasteiger partial charge < -0.3 is 21.1 Å². The lowest BCUT2D eigenvalue weighted by Gasteiger charge is -2.45. The first-order valence-electron chi connectivity index (χ1n) is 6.91. The third-order valence-corrected chi connectivity index (χ3v) is 3.88. The Morgan fingerprint density at radius 2 is 1.95 bits per heavy atom. The monoisotopic (exact) mass is 300 g/mol. The SMILES string of the molecule is CN1CCN(C(=O)N[C@@H](CCC(N)=O)C(=O)O)CC1(C)C. The van der Waals surface area contributed by atoms with Gasteiger partial charge in [0.1, 0.15) is 6.04 Å². The largest absolute Gasteiger partial charge is 0.480 e. The number of hydrogen-bond donors (Lipinski definition) is 3. The van der Waals surface area contributed by atoms with Crippen molar-refractivity contribution in [3.05, 3.63) is 0 Å². The fourth-order valence-electron chi connectivity index (χ4n) is 2.20. The number of nitrogens with one attached hydrogen (secondary N) is 1. The summed E-state index contributed by atoms with van der Waals surface area (Å²) in [6, 6.07) is -1.53. The molecule has 0 aromatic heterocycles. The van der Waals surface area contributed by atoms with Gasteiger partial charge in [0.05, 0.1) is 0 Å². The molecular formula is C13H24N4O4. The van der Waals surface area contributed by atoms with E-state index in [1.54, 1.807) is 4.90 Å². The molecule has 0 bridgehead atoms. The molecule has 4 N–H and O–H groups in total. The van der Waals surface area contributed by atoms with Gasteiger partial charge in [-0.1, -0.05) is 0 Å². The number of likely N-dealkylation sites (N-methyl/N-ethyl adjacent to an activating group) is 1. The van der Waals surface area contributed by atoms with Gasteiger partial charge in [-0.3, -0.25) is 9.69 Å². The molecule has 1 saturated heterocycles. The number of primary amides is 1. The Kier molecular flexibility index (Phi) is 5.54. The Hall–Kier alpha value is -1.83. The van der Waals surface area contributed by atoms with Gasteiger partial charge in [-0.25, -0.2) is 9.59 Å². The maximum atomic E-state index is 12.2. The molecule has 0 aromatic rings. The van der Waals surface area contributed by atoms with Crippen LogP contribution in [0, 0.1) is 0 Å². The minimum Gasteiger partial charge on any atom is -0.480 e. The molecule has 8 nitrogen and oxygen atoms in total. The van der Waals surface area contributed by atoms with Crippen molar-refractivity contribution < 1.29 is 19.5 Å². The van der Waals surface area contributed by atoms with Crippen LogP contribution < -0.4 is 11.1 Å². The van der Waals surface area contributed by atoms with Gasteiger partial charge in [-0.05, 0) is 27.3 Å². The van der Waals surface area contributed by atoms with Crippen LogP contribution in [0.15, 0.2) is 0 Å². The van der Waals surface area contributed by atoms with Crippen molar-refractivity contribution in [3.8, 4) is 0 Å². The molecule has 1 rings (SSSR count). The second kappa shape index (κ2) is 6.75. The number of urea groups is 1. The molecule has 0 unspecified atom stereocenters. The van der Waals surface area contributed by atoms with E-state index >= 15 is 0 Å². The quantitative estimate of drug-likeness (QED) is 0.629. The van der Waals surface area contributed by atoms with Crippen molar-refractivity contribution in [3.63, 3.8) is 0 Å². The number of hydrogen-bond acceptors (Lipinski definition) is 4. The average molecular weight is 300 g/mol. The van der Waals surface area contributed by atoms with Gasteiger partial charge in [0.15, 0.2) is 0 Å². The third-order valence-electron chi connectivity index (χ3n) is 3.88. The second-order valence-electron chi connectivity index (χ2n) is 6.00. The minimum atomic E-state index is -1.17. The Labute approximate surface area is 124 Å².